The van der Waals surface area contributed by atoms with Gasteiger partial charge in [-0.25, -0.2) is 4.98 Å². The van der Waals surface area contributed by atoms with Gasteiger partial charge < -0.3 is 10.6 Å². The number of anilines is 1. The fraction of sp³-hybridized carbons (Fsp3) is 0.368. The van der Waals surface area contributed by atoms with Crippen molar-refractivity contribution in [1.82, 2.24) is 10.3 Å². The summed E-state index contributed by atoms with van der Waals surface area (Å²) < 4.78 is 0. The van der Waals surface area contributed by atoms with Gasteiger partial charge in [-0.05, 0) is 42.7 Å². The third-order valence-electron chi connectivity index (χ3n) is 3.72. The van der Waals surface area contributed by atoms with Crippen LogP contribution in [0.15, 0.2) is 42.6 Å². The summed E-state index contributed by atoms with van der Waals surface area (Å²) >= 11 is 5.85. The molecule has 1 aromatic carbocycles. The molecule has 1 heterocycles. The van der Waals surface area contributed by atoms with Crippen LogP contribution in [-0.4, -0.2) is 24.0 Å². The second kappa shape index (κ2) is 9.93. The number of aromatic nitrogens is 1. The number of amides is 1. The largest absolute Gasteiger partial charge is 0.384 e. The molecule has 4 nitrogen and oxygen atoms in total. The Hall–Kier alpha value is -2.07. The van der Waals surface area contributed by atoms with Gasteiger partial charge in [0, 0.05) is 18.1 Å². The van der Waals surface area contributed by atoms with E-state index in [1.165, 1.54) is 12.8 Å². The molecule has 0 aliphatic carbocycles. The first-order valence-electron chi connectivity index (χ1n) is 8.41. The monoisotopic (exact) mass is 345 g/mol. The number of hydrogen-bond donors (Lipinski definition) is 2. The number of halogens is 1. The number of pyridine rings is 1. The highest BCUT2D eigenvalue weighted by Crippen LogP contribution is 2.10. The van der Waals surface area contributed by atoms with Crippen molar-refractivity contribution in [2.45, 2.75) is 32.6 Å². The number of hydrogen-bond acceptors (Lipinski definition) is 3. The van der Waals surface area contributed by atoms with E-state index in [-0.39, 0.29) is 5.91 Å². The second-order valence-electron chi connectivity index (χ2n) is 5.70. The van der Waals surface area contributed by atoms with Crippen LogP contribution >= 0.6 is 11.6 Å². The fourth-order valence-electron chi connectivity index (χ4n) is 2.30. The Balaban J connectivity index is 1.74. The highest BCUT2D eigenvalue weighted by atomic mass is 35.5. The zero-order chi connectivity index (χ0) is 17.2. The molecule has 0 fully saturated rings. The summed E-state index contributed by atoms with van der Waals surface area (Å²) in [5, 5.41) is 6.91. The molecule has 24 heavy (non-hydrogen) atoms. The molecule has 5 heteroatoms. The van der Waals surface area contributed by atoms with E-state index in [4.69, 9.17) is 11.6 Å². The van der Waals surface area contributed by atoms with Crippen LogP contribution in [0.5, 0.6) is 0 Å². The maximum atomic E-state index is 12.1. The zero-order valence-corrected chi connectivity index (χ0v) is 14.8. The number of benzene rings is 1. The molecule has 0 spiro atoms. The maximum Gasteiger partial charge on any atom is 0.269 e. The first kappa shape index (κ1) is 18.3. The average molecular weight is 346 g/mol. The fourth-order valence-corrected chi connectivity index (χ4v) is 2.43. The number of carbonyl (C=O) groups is 1. The number of nitrogens with zero attached hydrogens (tertiary/aromatic N) is 1. The summed E-state index contributed by atoms with van der Waals surface area (Å²) in [6.45, 7) is 3.68. The smallest absolute Gasteiger partial charge is 0.269 e. The van der Waals surface area contributed by atoms with Gasteiger partial charge in [0.2, 0.25) is 0 Å². The lowest BCUT2D eigenvalue weighted by Gasteiger charge is -2.07. The SMILES string of the molecule is CCCCCNc1ccc(C(=O)NCCc2ccc(Cl)cc2)nc1. The van der Waals surface area contributed by atoms with Gasteiger partial charge in [0.05, 0.1) is 11.9 Å². The third kappa shape index (κ3) is 6.20. The Morgan fingerprint density at radius 1 is 1.08 bits per heavy atom. The van der Waals surface area contributed by atoms with E-state index in [0.29, 0.717) is 12.2 Å². The lowest BCUT2D eigenvalue weighted by molar-refractivity contribution is 0.0949. The summed E-state index contributed by atoms with van der Waals surface area (Å²) in [7, 11) is 0. The standard InChI is InChI=1S/C19H24ClN3O/c1-2-3-4-12-21-17-9-10-18(23-14-17)19(24)22-13-11-15-5-7-16(20)8-6-15/h5-10,14,21H,2-4,11-13H2,1H3,(H,22,24). The Morgan fingerprint density at radius 3 is 2.54 bits per heavy atom. The predicted octanol–water partition coefficient (Wildman–Crippen LogP) is 4.31. The average Bonchev–Trinajstić information content (AvgIpc) is 2.61. The van der Waals surface area contributed by atoms with Crippen molar-refractivity contribution in [2.24, 2.45) is 0 Å². The summed E-state index contributed by atoms with van der Waals surface area (Å²) in [6.07, 6.45) is 6.03. The Labute approximate surface area is 148 Å². The molecule has 1 amide bonds. The van der Waals surface area contributed by atoms with Crippen LogP contribution in [0.1, 0.15) is 42.2 Å². The number of rotatable bonds is 9. The molecule has 128 valence electrons. The summed E-state index contributed by atoms with van der Waals surface area (Å²) in [4.78, 5) is 16.3. The molecule has 2 aromatic rings. The summed E-state index contributed by atoms with van der Waals surface area (Å²) in [5.74, 6) is -0.151. The molecule has 0 bridgehead atoms. The van der Waals surface area contributed by atoms with E-state index in [1.54, 1.807) is 12.3 Å². The van der Waals surface area contributed by atoms with Crippen LogP contribution in [0.25, 0.3) is 0 Å². The lowest BCUT2D eigenvalue weighted by Crippen LogP contribution is -2.26. The topological polar surface area (TPSA) is 54.0 Å². The molecular weight excluding hydrogens is 322 g/mol. The van der Waals surface area contributed by atoms with Gasteiger partial charge in [0.25, 0.3) is 5.91 Å². The van der Waals surface area contributed by atoms with Gasteiger partial charge in [0.15, 0.2) is 0 Å². The van der Waals surface area contributed by atoms with Gasteiger partial charge in [-0.1, -0.05) is 43.5 Å². The Kier molecular flexibility index (Phi) is 7.56. The van der Waals surface area contributed by atoms with Crippen LogP contribution in [0, 0.1) is 0 Å². The molecule has 0 saturated heterocycles. The molecule has 0 radical (unpaired) electrons. The molecule has 2 N–H and O–H groups in total. The minimum atomic E-state index is -0.151. The van der Waals surface area contributed by atoms with E-state index in [2.05, 4.69) is 22.5 Å². The van der Waals surface area contributed by atoms with Crippen LogP contribution < -0.4 is 10.6 Å². The molecule has 0 saturated carbocycles. The van der Waals surface area contributed by atoms with E-state index in [0.717, 1.165) is 35.7 Å². The highest BCUT2D eigenvalue weighted by Gasteiger charge is 2.06. The third-order valence-corrected chi connectivity index (χ3v) is 3.97. The van der Waals surface area contributed by atoms with Crippen molar-refractivity contribution < 1.29 is 4.79 Å². The van der Waals surface area contributed by atoms with E-state index < -0.39 is 0 Å². The summed E-state index contributed by atoms with van der Waals surface area (Å²) in [5.41, 5.74) is 2.52. The zero-order valence-electron chi connectivity index (χ0n) is 14.0. The van der Waals surface area contributed by atoms with E-state index >= 15 is 0 Å². The van der Waals surface area contributed by atoms with E-state index in [9.17, 15) is 4.79 Å². The van der Waals surface area contributed by atoms with Gasteiger partial charge in [-0.2, -0.15) is 0 Å². The molecular formula is C19H24ClN3O. The van der Waals surface area contributed by atoms with Crippen LogP contribution in [0.3, 0.4) is 0 Å². The minimum absolute atomic E-state index is 0.151. The molecule has 0 aliphatic rings. The van der Waals surface area contributed by atoms with Crippen LogP contribution in [0.4, 0.5) is 5.69 Å². The second-order valence-corrected chi connectivity index (χ2v) is 6.13. The first-order valence-corrected chi connectivity index (χ1v) is 8.79. The summed E-state index contributed by atoms with van der Waals surface area (Å²) in [6, 6.07) is 11.3. The van der Waals surface area contributed by atoms with Crippen molar-refractivity contribution in [1.29, 1.82) is 0 Å². The Morgan fingerprint density at radius 2 is 1.88 bits per heavy atom. The van der Waals surface area contributed by atoms with Crippen LogP contribution in [0.2, 0.25) is 5.02 Å². The molecule has 1 aromatic heterocycles. The van der Waals surface area contributed by atoms with Gasteiger partial charge in [0.1, 0.15) is 5.69 Å². The van der Waals surface area contributed by atoms with Crippen molar-refractivity contribution >= 4 is 23.2 Å². The molecule has 0 atom stereocenters. The highest BCUT2D eigenvalue weighted by molar-refractivity contribution is 6.30. The Bertz CT molecular complexity index is 626. The normalized spacial score (nSPS) is 10.4. The van der Waals surface area contributed by atoms with Crippen molar-refractivity contribution in [2.75, 3.05) is 18.4 Å². The van der Waals surface area contributed by atoms with Gasteiger partial charge >= 0.3 is 0 Å². The van der Waals surface area contributed by atoms with Crippen LogP contribution in [-0.2, 0) is 6.42 Å². The van der Waals surface area contributed by atoms with Crippen molar-refractivity contribution in [3.63, 3.8) is 0 Å². The van der Waals surface area contributed by atoms with Crippen molar-refractivity contribution in [3.8, 4) is 0 Å². The number of unbranched alkanes of at least 4 members (excludes halogenated alkanes) is 2. The van der Waals surface area contributed by atoms with Gasteiger partial charge in [-0.15, -0.1) is 0 Å². The van der Waals surface area contributed by atoms with E-state index in [1.807, 2.05) is 30.3 Å². The molecule has 2 rings (SSSR count). The first-order chi connectivity index (χ1) is 11.7. The van der Waals surface area contributed by atoms with Gasteiger partial charge in [-0.3, -0.25) is 4.79 Å². The quantitative estimate of drug-likeness (QED) is 0.666. The number of nitrogens with one attached hydrogen (secondary N) is 2. The molecule has 0 unspecified atom stereocenters. The minimum Gasteiger partial charge on any atom is -0.384 e. The predicted molar refractivity (Wildman–Crippen MR) is 99.7 cm³/mol. The number of carbonyl (C=O) groups excluding carboxylic acids is 1. The maximum absolute atomic E-state index is 12.1. The lowest BCUT2D eigenvalue weighted by atomic mass is 10.1. The molecule has 0 aliphatic heterocycles. The van der Waals surface area contributed by atoms with Crippen molar-refractivity contribution in [3.05, 3.63) is 58.9 Å².